The number of hydrogen-bond acceptors (Lipinski definition) is 2. The summed E-state index contributed by atoms with van der Waals surface area (Å²) in [6.07, 6.45) is 2.58. The molecule has 32 heavy (non-hydrogen) atoms. The van der Waals surface area contributed by atoms with Crippen LogP contribution in [0.25, 0.3) is 11.1 Å². The summed E-state index contributed by atoms with van der Waals surface area (Å²) in [5, 5.41) is 3.50. The summed E-state index contributed by atoms with van der Waals surface area (Å²) in [5.74, 6) is -0.798. The third-order valence-corrected chi connectivity index (χ3v) is 6.37. The Hall–Kier alpha value is -2.69. The van der Waals surface area contributed by atoms with Gasteiger partial charge in [0.2, 0.25) is 0 Å². The third kappa shape index (κ3) is 5.56. The molecule has 1 atom stereocenters. The highest BCUT2D eigenvalue weighted by atomic mass is 35.5. The van der Waals surface area contributed by atoms with E-state index < -0.39 is 11.7 Å². The quantitative estimate of drug-likeness (QED) is 0.459. The predicted octanol–water partition coefficient (Wildman–Crippen LogP) is 6.28. The van der Waals surface area contributed by atoms with Crippen LogP contribution in [0.15, 0.2) is 66.7 Å². The average Bonchev–Trinajstić information content (AvgIpc) is 3.31. The first-order valence-electron chi connectivity index (χ1n) is 11.1. The Morgan fingerprint density at radius 3 is 2.31 bits per heavy atom. The van der Waals surface area contributed by atoms with Crippen LogP contribution in [0.1, 0.15) is 47.2 Å². The number of nitrogens with zero attached hydrogens (tertiary/aromatic N) is 1. The number of carbonyl (C=O) groups is 1. The van der Waals surface area contributed by atoms with Crippen molar-refractivity contribution in [1.29, 1.82) is 0 Å². The van der Waals surface area contributed by atoms with Gasteiger partial charge in [0, 0.05) is 18.1 Å². The van der Waals surface area contributed by atoms with Gasteiger partial charge in [0.15, 0.2) is 0 Å². The summed E-state index contributed by atoms with van der Waals surface area (Å²) in [7, 11) is 0. The lowest BCUT2D eigenvalue weighted by Gasteiger charge is -2.17. The van der Waals surface area contributed by atoms with Gasteiger partial charge in [-0.15, -0.1) is 0 Å². The van der Waals surface area contributed by atoms with Crippen molar-refractivity contribution in [3.8, 4) is 11.1 Å². The summed E-state index contributed by atoms with van der Waals surface area (Å²) in [5.41, 5.74) is 4.08. The Morgan fingerprint density at radius 1 is 1.00 bits per heavy atom. The molecule has 1 saturated heterocycles. The van der Waals surface area contributed by atoms with Crippen molar-refractivity contribution in [1.82, 2.24) is 10.2 Å². The van der Waals surface area contributed by atoms with Gasteiger partial charge in [-0.2, -0.15) is 0 Å². The number of amides is 1. The molecule has 4 rings (SSSR count). The lowest BCUT2D eigenvalue weighted by Crippen LogP contribution is -2.28. The standard InChI is InChI=1S/C27H28ClFN2O/c1-19(21-6-4-20(5-7-21)18-31-14-2-3-15-31)17-30-27(32)25-13-10-23(16-26(25)29)22-8-11-24(28)12-9-22/h4-13,16,19H,2-3,14-15,17-18H2,1H3,(H,30,32). The fraction of sp³-hybridized carbons (Fsp3) is 0.296. The summed E-state index contributed by atoms with van der Waals surface area (Å²) >= 11 is 5.91. The van der Waals surface area contributed by atoms with Gasteiger partial charge in [-0.1, -0.05) is 61.0 Å². The number of carbonyl (C=O) groups excluding carboxylic acids is 1. The van der Waals surface area contributed by atoms with E-state index in [1.54, 1.807) is 18.2 Å². The highest BCUT2D eigenvalue weighted by molar-refractivity contribution is 6.30. The third-order valence-electron chi connectivity index (χ3n) is 6.11. The maximum Gasteiger partial charge on any atom is 0.254 e. The molecule has 1 N–H and O–H groups in total. The number of benzene rings is 3. The van der Waals surface area contributed by atoms with E-state index in [-0.39, 0.29) is 11.5 Å². The van der Waals surface area contributed by atoms with Crippen LogP contribution in [-0.2, 0) is 6.54 Å². The van der Waals surface area contributed by atoms with Crippen molar-refractivity contribution in [2.45, 2.75) is 32.2 Å². The second-order valence-electron chi connectivity index (χ2n) is 8.54. The van der Waals surface area contributed by atoms with E-state index in [4.69, 9.17) is 11.6 Å². The van der Waals surface area contributed by atoms with Gasteiger partial charge in [0.25, 0.3) is 5.91 Å². The van der Waals surface area contributed by atoms with Gasteiger partial charge in [-0.25, -0.2) is 4.39 Å². The van der Waals surface area contributed by atoms with Gasteiger partial charge >= 0.3 is 0 Å². The van der Waals surface area contributed by atoms with Gasteiger partial charge in [-0.3, -0.25) is 9.69 Å². The fourth-order valence-corrected chi connectivity index (χ4v) is 4.26. The molecule has 1 aliphatic rings. The molecular weight excluding hydrogens is 423 g/mol. The molecule has 0 saturated carbocycles. The minimum Gasteiger partial charge on any atom is -0.351 e. The number of likely N-dealkylation sites (tertiary alicyclic amines) is 1. The number of halogens is 2. The molecule has 0 bridgehead atoms. The molecule has 3 aromatic carbocycles. The second-order valence-corrected chi connectivity index (χ2v) is 8.97. The second kappa shape index (κ2) is 10.3. The van der Waals surface area contributed by atoms with Crippen molar-refractivity contribution >= 4 is 17.5 Å². The molecule has 1 aliphatic heterocycles. The van der Waals surface area contributed by atoms with Crippen molar-refractivity contribution in [2.75, 3.05) is 19.6 Å². The maximum absolute atomic E-state index is 14.6. The van der Waals surface area contributed by atoms with Crippen molar-refractivity contribution in [3.05, 3.63) is 94.3 Å². The van der Waals surface area contributed by atoms with Crippen LogP contribution < -0.4 is 5.32 Å². The fourth-order valence-electron chi connectivity index (χ4n) is 4.13. The van der Waals surface area contributed by atoms with Crippen LogP contribution in [-0.4, -0.2) is 30.4 Å². The molecule has 3 aromatic rings. The van der Waals surface area contributed by atoms with E-state index in [9.17, 15) is 9.18 Å². The molecule has 166 valence electrons. The Morgan fingerprint density at radius 2 is 1.66 bits per heavy atom. The zero-order chi connectivity index (χ0) is 22.5. The lowest BCUT2D eigenvalue weighted by molar-refractivity contribution is 0.0947. The van der Waals surface area contributed by atoms with Crippen LogP contribution in [0.4, 0.5) is 4.39 Å². The molecule has 1 heterocycles. The average molecular weight is 451 g/mol. The normalized spacial score (nSPS) is 15.0. The van der Waals surface area contributed by atoms with Crippen molar-refractivity contribution in [2.24, 2.45) is 0 Å². The van der Waals surface area contributed by atoms with E-state index >= 15 is 0 Å². The van der Waals surface area contributed by atoms with E-state index in [1.165, 1.54) is 43.6 Å². The summed E-state index contributed by atoms with van der Waals surface area (Å²) < 4.78 is 14.6. The Balaban J connectivity index is 1.34. The maximum atomic E-state index is 14.6. The van der Waals surface area contributed by atoms with E-state index in [2.05, 4.69) is 41.4 Å². The van der Waals surface area contributed by atoms with E-state index in [0.29, 0.717) is 17.1 Å². The molecule has 0 radical (unpaired) electrons. The van der Waals surface area contributed by atoms with Crippen molar-refractivity contribution < 1.29 is 9.18 Å². The van der Waals surface area contributed by atoms with Crippen molar-refractivity contribution in [3.63, 3.8) is 0 Å². The molecule has 1 amide bonds. The molecule has 0 spiro atoms. The molecule has 3 nitrogen and oxygen atoms in total. The molecule has 1 fully saturated rings. The summed E-state index contributed by atoms with van der Waals surface area (Å²) in [4.78, 5) is 15.0. The molecule has 1 unspecified atom stereocenters. The molecular formula is C27H28ClFN2O. The van der Waals surface area contributed by atoms with Crippen LogP contribution >= 0.6 is 11.6 Å². The van der Waals surface area contributed by atoms with Crippen LogP contribution in [0.3, 0.4) is 0 Å². The Labute approximate surface area is 194 Å². The Kier molecular flexibility index (Phi) is 7.23. The first-order valence-corrected chi connectivity index (χ1v) is 11.5. The topological polar surface area (TPSA) is 32.3 Å². The highest BCUT2D eigenvalue weighted by Crippen LogP contribution is 2.24. The SMILES string of the molecule is CC(CNC(=O)c1ccc(-c2ccc(Cl)cc2)cc1F)c1ccc(CN2CCCC2)cc1. The summed E-state index contributed by atoms with van der Waals surface area (Å²) in [6.45, 7) is 5.87. The zero-order valence-electron chi connectivity index (χ0n) is 18.3. The molecule has 0 aliphatic carbocycles. The molecule has 0 aromatic heterocycles. The van der Waals surface area contributed by atoms with Gasteiger partial charge in [0.05, 0.1) is 5.56 Å². The summed E-state index contributed by atoms with van der Waals surface area (Å²) in [6, 6.07) is 20.4. The first kappa shape index (κ1) is 22.5. The first-order chi connectivity index (χ1) is 15.5. The van der Waals surface area contributed by atoms with Gasteiger partial charge < -0.3 is 5.32 Å². The van der Waals surface area contributed by atoms with Crippen LogP contribution in [0.5, 0.6) is 0 Å². The lowest BCUT2D eigenvalue weighted by atomic mass is 9.99. The van der Waals surface area contributed by atoms with Crippen LogP contribution in [0, 0.1) is 5.82 Å². The number of nitrogens with one attached hydrogen (secondary N) is 1. The van der Waals surface area contributed by atoms with Crippen LogP contribution in [0.2, 0.25) is 5.02 Å². The smallest absolute Gasteiger partial charge is 0.254 e. The van der Waals surface area contributed by atoms with E-state index in [1.807, 2.05) is 12.1 Å². The minimum absolute atomic E-state index is 0.0517. The Bertz CT molecular complexity index is 1060. The highest BCUT2D eigenvalue weighted by Gasteiger charge is 2.15. The monoisotopic (exact) mass is 450 g/mol. The van der Waals surface area contributed by atoms with Gasteiger partial charge in [-0.05, 0) is 78.4 Å². The van der Waals surface area contributed by atoms with Gasteiger partial charge in [0.1, 0.15) is 5.82 Å². The number of rotatable bonds is 7. The molecule has 5 heteroatoms. The zero-order valence-corrected chi connectivity index (χ0v) is 19.0. The van der Waals surface area contributed by atoms with E-state index in [0.717, 1.165) is 17.7 Å². The number of hydrogen-bond donors (Lipinski definition) is 1. The predicted molar refractivity (Wildman–Crippen MR) is 129 cm³/mol. The minimum atomic E-state index is -0.533. The largest absolute Gasteiger partial charge is 0.351 e.